The molecule has 2 aromatic heterocycles. The summed E-state index contributed by atoms with van der Waals surface area (Å²) in [5, 5.41) is 7.32. The molecule has 158 valence electrons. The largest absolute Gasteiger partial charge is 0.369 e. The molecule has 1 spiro atoms. The monoisotopic (exact) mass is 417 g/mol. The van der Waals surface area contributed by atoms with Crippen LogP contribution >= 0.6 is 0 Å². The minimum absolute atomic E-state index is 0.0922. The molecule has 4 atom stereocenters. The highest BCUT2D eigenvalue weighted by atomic mass is 16.5. The number of carbonyl (C=O) groups excluding carboxylic acids is 1. The summed E-state index contributed by atoms with van der Waals surface area (Å²) in [4.78, 5) is 23.3. The number of nitrogens with one attached hydrogen (secondary N) is 1. The number of pyridine rings is 1. The van der Waals surface area contributed by atoms with Gasteiger partial charge in [-0.15, -0.1) is 0 Å². The van der Waals surface area contributed by atoms with E-state index in [2.05, 4.69) is 25.3 Å². The Labute approximate surface area is 179 Å². The second-order valence-electron chi connectivity index (χ2n) is 8.63. The van der Waals surface area contributed by atoms with Crippen molar-refractivity contribution >= 4 is 11.9 Å². The fourth-order valence-corrected chi connectivity index (χ4v) is 5.47. The Kier molecular flexibility index (Phi) is 4.27. The van der Waals surface area contributed by atoms with Crippen LogP contribution in [0.1, 0.15) is 23.2 Å². The molecule has 0 unspecified atom stereocenters. The lowest BCUT2D eigenvalue weighted by molar-refractivity contribution is 0.0141. The lowest BCUT2D eigenvalue weighted by Gasteiger charge is -2.29. The van der Waals surface area contributed by atoms with Gasteiger partial charge in [-0.1, -0.05) is 18.2 Å². The van der Waals surface area contributed by atoms with Crippen molar-refractivity contribution in [2.75, 3.05) is 24.5 Å². The first-order valence-electron chi connectivity index (χ1n) is 10.7. The Morgan fingerprint density at radius 1 is 1.23 bits per heavy atom. The normalized spacial score (nSPS) is 28.6. The molecule has 0 saturated carbocycles. The van der Waals surface area contributed by atoms with Gasteiger partial charge in [0.25, 0.3) is 17.7 Å². The summed E-state index contributed by atoms with van der Waals surface area (Å²) in [6.45, 7) is 2.16. The van der Waals surface area contributed by atoms with Crippen LogP contribution in [0.15, 0.2) is 59.4 Å². The van der Waals surface area contributed by atoms with Crippen LogP contribution in [-0.4, -0.2) is 52.4 Å². The van der Waals surface area contributed by atoms with Gasteiger partial charge in [0.05, 0.1) is 23.8 Å². The molecule has 0 aliphatic carbocycles. The van der Waals surface area contributed by atoms with E-state index in [1.807, 2.05) is 30.3 Å². The standard InChI is InChI=1S/C23H23N5O3/c29-20(16-7-4-10-24-11-16)25-12-17-18-13-28(14-23(18)9-8-19(17)30-23)22-26-21(31-27-22)15-5-2-1-3-6-15/h1-7,10-11,17-19H,8-9,12-14H2,(H,25,29)/t17-,18+,19+,23+/m0/s1. The second-order valence-corrected chi connectivity index (χ2v) is 8.63. The van der Waals surface area contributed by atoms with E-state index in [1.54, 1.807) is 24.5 Å². The Morgan fingerprint density at radius 3 is 2.97 bits per heavy atom. The molecule has 3 fully saturated rings. The first-order valence-corrected chi connectivity index (χ1v) is 10.7. The van der Waals surface area contributed by atoms with Crippen LogP contribution in [0.3, 0.4) is 0 Å². The molecule has 3 aliphatic rings. The molecule has 2 bridgehead atoms. The number of nitrogens with zero attached hydrogens (tertiary/aromatic N) is 4. The molecule has 3 aliphatic heterocycles. The molecule has 0 radical (unpaired) electrons. The van der Waals surface area contributed by atoms with Crippen molar-refractivity contribution in [3.63, 3.8) is 0 Å². The number of benzene rings is 1. The molecule has 31 heavy (non-hydrogen) atoms. The fourth-order valence-electron chi connectivity index (χ4n) is 5.47. The number of amides is 1. The van der Waals surface area contributed by atoms with Crippen LogP contribution in [-0.2, 0) is 4.74 Å². The summed E-state index contributed by atoms with van der Waals surface area (Å²) in [6.07, 6.45) is 5.52. The van der Waals surface area contributed by atoms with E-state index in [0.29, 0.717) is 29.9 Å². The number of rotatable bonds is 5. The Hall–Kier alpha value is -3.26. The molecule has 8 heteroatoms. The molecule has 6 rings (SSSR count). The van der Waals surface area contributed by atoms with Crippen molar-refractivity contribution in [3.8, 4) is 11.5 Å². The van der Waals surface area contributed by atoms with Gasteiger partial charge in [0, 0.05) is 42.9 Å². The molecule has 5 heterocycles. The van der Waals surface area contributed by atoms with Gasteiger partial charge in [0.2, 0.25) is 0 Å². The molecule has 8 nitrogen and oxygen atoms in total. The van der Waals surface area contributed by atoms with Crippen molar-refractivity contribution in [1.29, 1.82) is 0 Å². The van der Waals surface area contributed by atoms with Gasteiger partial charge in [0.1, 0.15) is 0 Å². The van der Waals surface area contributed by atoms with Crippen molar-refractivity contribution in [2.24, 2.45) is 11.8 Å². The minimum Gasteiger partial charge on any atom is -0.369 e. The predicted molar refractivity (Wildman–Crippen MR) is 112 cm³/mol. The van der Waals surface area contributed by atoms with Crippen LogP contribution in [0.5, 0.6) is 0 Å². The van der Waals surface area contributed by atoms with Gasteiger partial charge in [0.15, 0.2) is 0 Å². The van der Waals surface area contributed by atoms with Gasteiger partial charge in [-0.05, 0) is 42.3 Å². The number of hydrogen-bond acceptors (Lipinski definition) is 7. The van der Waals surface area contributed by atoms with Gasteiger partial charge in [-0.2, -0.15) is 4.98 Å². The molecule has 1 aromatic carbocycles. The van der Waals surface area contributed by atoms with Gasteiger partial charge in [-0.25, -0.2) is 0 Å². The summed E-state index contributed by atoms with van der Waals surface area (Å²) in [6, 6.07) is 13.3. The minimum atomic E-state index is -0.179. The maximum Gasteiger partial charge on any atom is 0.266 e. The highest BCUT2D eigenvalue weighted by molar-refractivity contribution is 5.93. The zero-order valence-electron chi connectivity index (χ0n) is 17.0. The third-order valence-corrected chi connectivity index (χ3v) is 6.92. The maximum atomic E-state index is 12.5. The van der Waals surface area contributed by atoms with Gasteiger partial charge in [-0.3, -0.25) is 9.78 Å². The third kappa shape index (κ3) is 3.09. The summed E-state index contributed by atoms with van der Waals surface area (Å²) in [7, 11) is 0. The van der Waals surface area contributed by atoms with E-state index in [9.17, 15) is 4.79 Å². The Balaban J connectivity index is 1.17. The third-order valence-electron chi connectivity index (χ3n) is 6.92. The van der Waals surface area contributed by atoms with E-state index >= 15 is 0 Å². The predicted octanol–water partition coefficient (Wildman–Crippen LogP) is 2.55. The van der Waals surface area contributed by atoms with E-state index in [-0.39, 0.29) is 23.5 Å². The van der Waals surface area contributed by atoms with Crippen LogP contribution in [0.25, 0.3) is 11.5 Å². The fraction of sp³-hybridized carbons (Fsp3) is 0.391. The van der Waals surface area contributed by atoms with Crippen LogP contribution in [0.4, 0.5) is 5.95 Å². The first-order chi connectivity index (χ1) is 15.2. The quantitative estimate of drug-likeness (QED) is 0.682. The Bertz CT molecular complexity index is 1090. The zero-order valence-corrected chi connectivity index (χ0v) is 17.0. The van der Waals surface area contributed by atoms with E-state index < -0.39 is 0 Å². The molecule has 3 aromatic rings. The van der Waals surface area contributed by atoms with Crippen LogP contribution in [0.2, 0.25) is 0 Å². The topological polar surface area (TPSA) is 93.4 Å². The average molecular weight is 417 g/mol. The average Bonchev–Trinajstić information content (AvgIpc) is 3.58. The number of hydrogen-bond donors (Lipinski definition) is 1. The highest BCUT2D eigenvalue weighted by Gasteiger charge is 2.63. The van der Waals surface area contributed by atoms with Crippen molar-refractivity contribution in [2.45, 2.75) is 24.5 Å². The number of aromatic nitrogens is 3. The highest BCUT2D eigenvalue weighted by Crippen LogP contribution is 2.55. The van der Waals surface area contributed by atoms with Gasteiger partial charge < -0.3 is 19.5 Å². The van der Waals surface area contributed by atoms with Crippen LogP contribution < -0.4 is 10.2 Å². The summed E-state index contributed by atoms with van der Waals surface area (Å²) < 4.78 is 12.0. The van der Waals surface area contributed by atoms with Crippen LogP contribution in [0, 0.1) is 11.8 Å². The summed E-state index contributed by atoms with van der Waals surface area (Å²) in [5.74, 6) is 1.65. The molecular weight excluding hydrogens is 394 g/mol. The number of fused-ring (bicyclic) bond motifs is 1. The second kappa shape index (κ2) is 7.16. The van der Waals surface area contributed by atoms with Gasteiger partial charge >= 0.3 is 0 Å². The zero-order chi connectivity index (χ0) is 20.8. The SMILES string of the molecule is O=C(NC[C@H]1[C@H]2CN(c3noc(-c4ccccc4)n3)C[C@]23CC[C@H]1O3)c1cccnc1. The lowest BCUT2D eigenvalue weighted by atomic mass is 9.73. The lowest BCUT2D eigenvalue weighted by Crippen LogP contribution is -2.41. The molecule has 1 amide bonds. The Morgan fingerprint density at radius 2 is 2.13 bits per heavy atom. The smallest absolute Gasteiger partial charge is 0.266 e. The van der Waals surface area contributed by atoms with E-state index in [0.717, 1.165) is 31.5 Å². The van der Waals surface area contributed by atoms with Crippen molar-refractivity contribution in [1.82, 2.24) is 20.4 Å². The first kappa shape index (κ1) is 18.5. The van der Waals surface area contributed by atoms with E-state index in [1.165, 1.54) is 0 Å². The maximum absolute atomic E-state index is 12.5. The molecule has 3 saturated heterocycles. The summed E-state index contributed by atoms with van der Waals surface area (Å²) in [5.41, 5.74) is 1.31. The summed E-state index contributed by atoms with van der Waals surface area (Å²) >= 11 is 0. The number of anilines is 1. The van der Waals surface area contributed by atoms with E-state index in [4.69, 9.17) is 9.26 Å². The number of carbonyl (C=O) groups is 1. The number of ether oxygens (including phenoxy) is 1. The molecule has 1 N–H and O–H groups in total. The molecular formula is C23H23N5O3. The van der Waals surface area contributed by atoms with Crippen molar-refractivity contribution in [3.05, 3.63) is 60.4 Å². The van der Waals surface area contributed by atoms with Crippen molar-refractivity contribution < 1.29 is 14.1 Å².